The van der Waals surface area contributed by atoms with Crippen molar-refractivity contribution in [2.75, 3.05) is 13.2 Å². The molecule has 1 aliphatic carbocycles. The average Bonchev–Trinajstić information content (AvgIpc) is 3.26. The van der Waals surface area contributed by atoms with Crippen molar-refractivity contribution in [1.82, 2.24) is 10.6 Å². The van der Waals surface area contributed by atoms with Crippen molar-refractivity contribution in [1.29, 1.82) is 0 Å². The van der Waals surface area contributed by atoms with Crippen molar-refractivity contribution >= 4 is 6.03 Å². The van der Waals surface area contributed by atoms with E-state index in [0.717, 1.165) is 19.3 Å². The fourth-order valence-electron chi connectivity index (χ4n) is 2.60. The SMILES string of the molecule is CCC(CCO)NC(=O)NCC1(c2ccccc2F)CC1. The number of benzene rings is 1. The van der Waals surface area contributed by atoms with Gasteiger partial charge in [0, 0.05) is 24.6 Å². The Morgan fingerprint density at radius 3 is 2.71 bits per heavy atom. The molecular formula is C16H23FN2O2. The molecule has 0 aliphatic heterocycles. The van der Waals surface area contributed by atoms with Crippen LogP contribution in [0.25, 0.3) is 0 Å². The van der Waals surface area contributed by atoms with E-state index in [-0.39, 0.29) is 29.9 Å². The number of aliphatic hydroxyl groups is 1. The van der Waals surface area contributed by atoms with Gasteiger partial charge >= 0.3 is 6.03 Å². The van der Waals surface area contributed by atoms with E-state index < -0.39 is 0 Å². The van der Waals surface area contributed by atoms with Gasteiger partial charge in [-0.2, -0.15) is 0 Å². The molecule has 1 saturated carbocycles. The number of carbonyl (C=O) groups excluding carboxylic acids is 1. The van der Waals surface area contributed by atoms with Crippen molar-refractivity contribution in [3.05, 3.63) is 35.6 Å². The van der Waals surface area contributed by atoms with E-state index in [2.05, 4.69) is 10.6 Å². The first kappa shape index (κ1) is 15.8. The molecule has 0 spiro atoms. The maximum Gasteiger partial charge on any atom is 0.315 e. The first-order valence-corrected chi connectivity index (χ1v) is 7.51. The van der Waals surface area contributed by atoms with Crippen LogP contribution < -0.4 is 10.6 Å². The molecule has 0 aromatic heterocycles. The van der Waals surface area contributed by atoms with E-state index in [1.807, 2.05) is 13.0 Å². The lowest BCUT2D eigenvalue weighted by molar-refractivity contribution is 0.227. The summed E-state index contributed by atoms with van der Waals surface area (Å²) < 4.78 is 13.9. The van der Waals surface area contributed by atoms with Crippen molar-refractivity contribution in [3.8, 4) is 0 Å². The van der Waals surface area contributed by atoms with E-state index in [0.29, 0.717) is 18.5 Å². The number of urea groups is 1. The number of hydrogen-bond acceptors (Lipinski definition) is 2. The summed E-state index contributed by atoms with van der Waals surface area (Å²) in [6.45, 7) is 2.45. The van der Waals surface area contributed by atoms with Gasteiger partial charge < -0.3 is 15.7 Å². The zero-order valence-corrected chi connectivity index (χ0v) is 12.4. The lowest BCUT2D eigenvalue weighted by Gasteiger charge is -2.20. The van der Waals surface area contributed by atoms with Crippen LogP contribution in [0, 0.1) is 5.82 Å². The summed E-state index contributed by atoms with van der Waals surface area (Å²) in [4.78, 5) is 11.9. The lowest BCUT2D eigenvalue weighted by Crippen LogP contribution is -2.44. The average molecular weight is 294 g/mol. The lowest BCUT2D eigenvalue weighted by atomic mass is 9.95. The summed E-state index contributed by atoms with van der Waals surface area (Å²) in [5.41, 5.74) is 0.439. The molecular weight excluding hydrogens is 271 g/mol. The highest BCUT2D eigenvalue weighted by Crippen LogP contribution is 2.48. The van der Waals surface area contributed by atoms with Gasteiger partial charge in [0.1, 0.15) is 5.82 Å². The van der Waals surface area contributed by atoms with Gasteiger partial charge in [0.05, 0.1) is 0 Å². The van der Waals surface area contributed by atoms with Crippen LogP contribution in [0.5, 0.6) is 0 Å². The predicted octanol–water partition coefficient (Wildman–Crippen LogP) is 2.32. The molecule has 116 valence electrons. The third-order valence-corrected chi connectivity index (χ3v) is 4.19. The van der Waals surface area contributed by atoms with Crippen LogP contribution in [-0.4, -0.2) is 30.3 Å². The Morgan fingerprint density at radius 2 is 2.14 bits per heavy atom. The topological polar surface area (TPSA) is 61.4 Å². The number of halogens is 1. The molecule has 0 saturated heterocycles. The number of aliphatic hydroxyl groups excluding tert-OH is 1. The van der Waals surface area contributed by atoms with Gasteiger partial charge in [-0.1, -0.05) is 25.1 Å². The third kappa shape index (κ3) is 3.94. The van der Waals surface area contributed by atoms with Gasteiger partial charge in [-0.25, -0.2) is 9.18 Å². The molecule has 2 rings (SSSR count). The quantitative estimate of drug-likeness (QED) is 0.722. The maximum atomic E-state index is 13.9. The second-order valence-corrected chi connectivity index (χ2v) is 5.70. The summed E-state index contributed by atoms with van der Waals surface area (Å²) in [7, 11) is 0. The number of nitrogens with one attached hydrogen (secondary N) is 2. The fraction of sp³-hybridized carbons (Fsp3) is 0.562. The number of hydrogen-bond donors (Lipinski definition) is 3. The summed E-state index contributed by atoms with van der Waals surface area (Å²) in [5.74, 6) is -0.205. The van der Waals surface area contributed by atoms with Gasteiger partial charge in [0.25, 0.3) is 0 Å². The minimum Gasteiger partial charge on any atom is -0.396 e. The smallest absolute Gasteiger partial charge is 0.315 e. The minimum absolute atomic E-state index is 0.0291. The Labute approximate surface area is 124 Å². The zero-order valence-electron chi connectivity index (χ0n) is 12.4. The Bertz CT molecular complexity index is 489. The van der Waals surface area contributed by atoms with Crippen LogP contribution >= 0.6 is 0 Å². The van der Waals surface area contributed by atoms with E-state index >= 15 is 0 Å². The maximum absolute atomic E-state index is 13.9. The van der Waals surface area contributed by atoms with Crippen molar-refractivity contribution < 1.29 is 14.3 Å². The predicted molar refractivity (Wildman–Crippen MR) is 79.6 cm³/mol. The van der Waals surface area contributed by atoms with Gasteiger partial charge in [-0.3, -0.25) is 0 Å². The molecule has 0 bridgehead atoms. The molecule has 0 heterocycles. The van der Waals surface area contributed by atoms with Crippen molar-refractivity contribution in [2.24, 2.45) is 0 Å². The summed E-state index contributed by atoms with van der Waals surface area (Å²) in [5, 5.41) is 14.6. The van der Waals surface area contributed by atoms with E-state index in [9.17, 15) is 9.18 Å². The second kappa shape index (κ2) is 6.89. The highest BCUT2D eigenvalue weighted by atomic mass is 19.1. The summed E-state index contributed by atoms with van der Waals surface area (Å²) in [6, 6.07) is 6.48. The van der Waals surface area contributed by atoms with E-state index in [1.54, 1.807) is 12.1 Å². The van der Waals surface area contributed by atoms with Crippen LogP contribution in [0.1, 0.15) is 38.2 Å². The molecule has 1 unspecified atom stereocenters. The molecule has 1 aliphatic rings. The van der Waals surface area contributed by atoms with Gasteiger partial charge in [-0.15, -0.1) is 0 Å². The van der Waals surface area contributed by atoms with Crippen LogP contribution in [0.2, 0.25) is 0 Å². The standard InChI is InChI=1S/C16H23FN2O2/c1-2-12(7-10-20)19-15(21)18-11-16(8-9-16)13-5-3-4-6-14(13)17/h3-6,12,20H,2,7-11H2,1H3,(H2,18,19,21). The molecule has 5 heteroatoms. The molecule has 3 N–H and O–H groups in total. The molecule has 1 fully saturated rings. The summed E-state index contributed by atoms with van der Waals surface area (Å²) in [6.07, 6.45) is 3.10. The molecule has 1 atom stereocenters. The first-order valence-electron chi connectivity index (χ1n) is 7.51. The Kier molecular flexibility index (Phi) is 5.17. The minimum atomic E-state index is -0.252. The number of carbonyl (C=O) groups is 1. The van der Waals surface area contributed by atoms with Crippen molar-refractivity contribution in [3.63, 3.8) is 0 Å². The molecule has 0 radical (unpaired) electrons. The second-order valence-electron chi connectivity index (χ2n) is 5.70. The molecule has 21 heavy (non-hydrogen) atoms. The summed E-state index contributed by atoms with van der Waals surface area (Å²) >= 11 is 0. The van der Waals surface area contributed by atoms with E-state index in [4.69, 9.17) is 5.11 Å². The van der Waals surface area contributed by atoms with Crippen LogP contribution in [0.3, 0.4) is 0 Å². The monoisotopic (exact) mass is 294 g/mol. The van der Waals surface area contributed by atoms with Crippen LogP contribution in [0.15, 0.2) is 24.3 Å². The van der Waals surface area contributed by atoms with Crippen molar-refractivity contribution in [2.45, 2.75) is 44.1 Å². The van der Waals surface area contributed by atoms with E-state index in [1.165, 1.54) is 6.07 Å². The highest BCUT2D eigenvalue weighted by Gasteiger charge is 2.46. The van der Waals surface area contributed by atoms with Crippen LogP contribution in [-0.2, 0) is 5.41 Å². The Balaban J connectivity index is 1.88. The molecule has 1 aromatic carbocycles. The molecule has 1 aromatic rings. The van der Waals surface area contributed by atoms with Gasteiger partial charge in [0.2, 0.25) is 0 Å². The Hall–Kier alpha value is -1.62. The third-order valence-electron chi connectivity index (χ3n) is 4.19. The van der Waals surface area contributed by atoms with Crippen LogP contribution in [0.4, 0.5) is 9.18 Å². The highest BCUT2D eigenvalue weighted by molar-refractivity contribution is 5.74. The van der Waals surface area contributed by atoms with Gasteiger partial charge in [-0.05, 0) is 37.3 Å². The largest absolute Gasteiger partial charge is 0.396 e. The number of amides is 2. The van der Waals surface area contributed by atoms with Gasteiger partial charge in [0.15, 0.2) is 0 Å². The zero-order chi connectivity index (χ0) is 15.3. The normalized spacial score (nSPS) is 17.1. The number of rotatable bonds is 7. The Morgan fingerprint density at radius 1 is 1.43 bits per heavy atom. The first-order chi connectivity index (χ1) is 10.1. The fourth-order valence-corrected chi connectivity index (χ4v) is 2.60. The molecule has 2 amide bonds. The molecule has 4 nitrogen and oxygen atoms in total.